The van der Waals surface area contributed by atoms with E-state index in [-0.39, 0.29) is 22.4 Å². The molecular weight excluding hydrogens is 388 g/mol. The number of nitrogens with zero attached hydrogens (tertiary/aromatic N) is 2. The van der Waals surface area contributed by atoms with Crippen LogP contribution in [0.4, 0.5) is 0 Å². The predicted octanol–water partition coefficient (Wildman–Crippen LogP) is 4.72. The van der Waals surface area contributed by atoms with Gasteiger partial charge in [0, 0.05) is 25.6 Å². The molecule has 1 heterocycles. The van der Waals surface area contributed by atoms with Crippen molar-refractivity contribution in [1.29, 1.82) is 0 Å². The number of hydrogen-bond donors (Lipinski definition) is 1. The topological polar surface area (TPSA) is 66.0 Å². The van der Waals surface area contributed by atoms with Crippen LogP contribution in [0, 0.1) is 22.7 Å². The van der Waals surface area contributed by atoms with Crippen molar-refractivity contribution in [3.63, 3.8) is 0 Å². The first-order chi connectivity index (χ1) is 14.7. The number of hydrazone groups is 1. The smallest absolute Gasteiger partial charge is 0.335 e. The molecule has 0 aromatic carbocycles. The average Bonchev–Trinajstić information content (AvgIpc) is 3.00. The third-order valence-corrected chi connectivity index (χ3v) is 9.62. The average molecular weight is 425 g/mol. The maximum atomic E-state index is 12.3. The van der Waals surface area contributed by atoms with Crippen LogP contribution < -0.4 is 5.63 Å². The van der Waals surface area contributed by atoms with E-state index in [1.807, 2.05) is 25.2 Å². The van der Waals surface area contributed by atoms with Crippen molar-refractivity contribution in [2.24, 2.45) is 27.8 Å². The van der Waals surface area contributed by atoms with Crippen molar-refractivity contribution >= 4 is 5.71 Å². The number of allylic oxidation sites excluding steroid dienone is 2. The van der Waals surface area contributed by atoms with Crippen LogP contribution in [0.25, 0.3) is 0 Å². The maximum Gasteiger partial charge on any atom is 0.335 e. The fraction of sp³-hybridized carbons (Fsp3) is 0.692. The molecular formula is C26H36N2O3. The fourth-order valence-electron chi connectivity index (χ4n) is 7.98. The minimum atomic E-state index is -0.650. The summed E-state index contributed by atoms with van der Waals surface area (Å²) in [5, 5.41) is 18.9. The molecule has 4 aliphatic rings. The summed E-state index contributed by atoms with van der Waals surface area (Å²) in [5.41, 5.74) is 2.86. The largest absolute Gasteiger partial charge is 0.431 e. The highest BCUT2D eigenvalue weighted by atomic mass is 16.4. The Hall–Kier alpha value is -1.88. The monoisotopic (exact) mass is 424 g/mol. The van der Waals surface area contributed by atoms with Gasteiger partial charge in [-0.1, -0.05) is 19.4 Å². The molecule has 31 heavy (non-hydrogen) atoms. The molecule has 5 rings (SSSR count). The lowest BCUT2D eigenvalue weighted by Crippen LogP contribution is -2.60. The van der Waals surface area contributed by atoms with Crippen LogP contribution in [0.2, 0.25) is 0 Å². The molecule has 1 N–H and O–H groups in total. The fourth-order valence-corrected chi connectivity index (χ4v) is 7.98. The predicted molar refractivity (Wildman–Crippen MR) is 122 cm³/mol. The van der Waals surface area contributed by atoms with Gasteiger partial charge >= 0.3 is 5.63 Å². The van der Waals surface area contributed by atoms with E-state index < -0.39 is 5.60 Å². The van der Waals surface area contributed by atoms with Crippen LogP contribution in [0.3, 0.4) is 0 Å². The summed E-state index contributed by atoms with van der Waals surface area (Å²) in [6, 6.07) is 3.44. The Bertz CT molecular complexity index is 974. The molecule has 0 radical (unpaired) electrons. The van der Waals surface area contributed by atoms with E-state index in [9.17, 15) is 9.90 Å². The van der Waals surface area contributed by atoms with Gasteiger partial charge in [0.25, 0.3) is 0 Å². The number of fused-ring (bicyclic) bond motifs is 5. The van der Waals surface area contributed by atoms with Gasteiger partial charge in [-0.05, 0) is 92.2 Å². The van der Waals surface area contributed by atoms with Gasteiger partial charge in [-0.25, -0.2) is 4.79 Å². The van der Waals surface area contributed by atoms with Gasteiger partial charge in [0.1, 0.15) is 0 Å². The Labute approximate surface area is 185 Å². The molecule has 5 heteroatoms. The van der Waals surface area contributed by atoms with Crippen LogP contribution in [0.15, 0.2) is 44.4 Å². The molecule has 1 aromatic rings. The number of aliphatic hydroxyl groups is 1. The lowest BCUT2D eigenvalue weighted by atomic mass is 9.45. The maximum absolute atomic E-state index is 12.3. The van der Waals surface area contributed by atoms with Gasteiger partial charge in [-0.15, -0.1) is 0 Å². The van der Waals surface area contributed by atoms with Crippen LogP contribution in [-0.2, 0) is 0 Å². The summed E-state index contributed by atoms with van der Waals surface area (Å²) in [6.07, 6.45) is 12.3. The Morgan fingerprint density at radius 2 is 1.87 bits per heavy atom. The highest BCUT2D eigenvalue weighted by Gasteiger charge is 2.66. The molecule has 168 valence electrons. The van der Waals surface area contributed by atoms with E-state index in [2.05, 4.69) is 25.0 Å². The molecule has 0 saturated heterocycles. The number of rotatable bonds is 2. The summed E-state index contributed by atoms with van der Waals surface area (Å²) in [6.45, 7) is 4.74. The van der Waals surface area contributed by atoms with Crippen molar-refractivity contribution < 1.29 is 9.52 Å². The molecule has 3 fully saturated rings. The highest BCUT2D eigenvalue weighted by molar-refractivity contribution is 5.96. The lowest BCUT2D eigenvalue weighted by Gasteiger charge is -2.61. The van der Waals surface area contributed by atoms with Gasteiger partial charge in [-0.2, -0.15) is 5.10 Å². The zero-order valence-corrected chi connectivity index (χ0v) is 19.4. The van der Waals surface area contributed by atoms with Crippen LogP contribution in [0.1, 0.15) is 76.7 Å². The molecule has 0 aliphatic heterocycles. The zero-order chi connectivity index (χ0) is 22.0. The molecule has 4 aliphatic carbocycles. The molecule has 5 nitrogen and oxygen atoms in total. The van der Waals surface area contributed by atoms with E-state index in [4.69, 9.17) is 4.42 Å². The van der Waals surface area contributed by atoms with Gasteiger partial charge in [0.05, 0.1) is 17.6 Å². The SMILES string of the molecule is CN(C)N=C1C=C2CCC3C(CC[C@]4(C)[C@@H](c5ccc(=O)oc5)CC[C@]34O)[C@@]2(C)CC1. The normalized spacial score (nSPS) is 43.1. The van der Waals surface area contributed by atoms with E-state index in [1.54, 1.807) is 11.8 Å². The molecule has 2 unspecified atom stereocenters. The minimum Gasteiger partial charge on any atom is -0.431 e. The van der Waals surface area contributed by atoms with Gasteiger partial charge in [0.2, 0.25) is 0 Å². The summed E-state index contributed by atoms with van der Waals surface area (Å²) < 4.78 is 5.20. The van der Waals surface area contributed by atoms with Crippen molar-refractivity contribution in [2.75, 3.05) is 14.1 Å². The molecule has 3 saturated carbocycles. The summed E-state index contributed by atoms with van der Waals surface area (Å²) in [4.78, 5) is 11.5. The van der Waals surface area contributed by atoms with Crippen molar-refractivity contribution in [3.05, 3.63) is 46.0 Å². The minimum absolute atomic E-state index is 0.169. The number of hydrogen-bond acceptors (Lipinski definition) is 5. The molecule has 6 atom stereocenters. The van der Waals surface area contributed by atoms with Gasteiger partial charge in [-0.3, -0.25) is 0 Å². The lowest BCUT2D eigenvalue weighted by molar-refractivity contribution is -0.176. The second-order valence-corrected chi connectivity index (χ2v) is 11.1. The van der Waals surface area contributed by atoms with Crippen molar-refractivity contribution in [1.82, 2.24) is 5.01 Å². The zero-order valence-electron chi connectivity index (χ0n) is 19.4. The molecule has 0 spiro atoms. The molecule has 1 aromatic heterocycles. The highest BCUT2D eigenvalue weighted by Crippen LogP contribution is 2.69. The third kappa shape index (κ3) is 2.99. The molecule has 0 bridgehead atoms. The summed E-state index contributed by atoms with van der Waals surface area (Å²) in [7, 11) is 3.98. The second kappa shape index (κ2) is 7.06. The Morgan fingerprint density at radius 3 is 2.58 bits per heavy atom. The Morgan fingerprint density at radius 1 is 1.06 bits per heavy atom. The Kier molecular flexibility index (Phi) is 4.78. The van der Waals surface area contributed by atoms with Gasteiger partial charge in [0.15, 0.2) is 0 Å². The third-order valence-electron chi connectivity index (χ3n) is 9.62. The molecule has 0 amide bonds. The standard InChI is InChI=1S/C26H36N2O3/c1-24-12-9-19(27-28(3)4)15-18(24)6-7-22-21(24)10-13-25(2)20(11-14-26(22,25)30)17-5-8-23(29)31-16-17/h5,8,15-16,20-22,30H,6-7,9-14H2,1-4H3/t20-,21?,22?,24+,25-,26+/m1/s1. The first kappa shape index (κ1) is 21.0. The van der Waals surface area contributed by atoms with Crippen molar-refractivity contribution in [2.45, 2.75) is 76.7 Å². The van der Waals surface area contributed by atoms with Gasteiger partial charge < -0.3 is 14.5 Å². The summed E-state index contributed by atoms with van der Waals surface area (Å²) in [5.74, 6) is 1.11. The van der Waals surface area contributed by atoms with E-state index >= 15 is 0 Å². The Balaban J connectivity index is 1.47. The van der Waals surface area contributed by atoms with E-state index in [0.29, 0.717) is 11.8 Å². The van der Waals surface area contributed by atoms with Crippen LogP contribution in [0.5, 0.6) is 0 Å². The van der Waals surface area contributed by atoms with E-state index in [1.165, 1.54) is 11.8 Å². The quantitative estimate of drug-likeness (QED) is 0.698. The van der Waals surface area contributed by atoms with Crippen molar-refractivity contribution in [3.8, 4) is 0 Å². The van der Waals surface area contributed by atoms with E-state index in [0.717, 1.165) is 56.9 Å². The first-order valence-corrected chi connectivity index (χ1v) is 11.9. The first-order valence-electron chi connectivity index (χ1n) is 11.9. The second-order valence-electron chi connectivity index (χ2n) is 11.1. The van der Waals surface area contributed by atoms with Crippen LogP contribution >= 0.6 is 0 Å². The summed E-state index contributed by atoms with van der Waals surface area (Å²) >= 11 is 0. The van der Waals surface area contributed by atoms with Crippen LogP contribution in [-0.4, -0.2) is 35.5 Å².